The van der Waals surface area contributed by atoms with Crippen molar-refractivity contribution in [2.24, 2.45) is 5.41 Å². The zero-order valence-electron chi connectivity index (χ0n) is 13.6. The second kappa shape index (κ2) is 5.53. The molecular weight excluding hydrogens is 245 g/mol. The highest BCUT2D eigenvalue weighted by atomic mass is 16.3. The fourth-order valence-electron chi connectivity index (χ4n) is 2.96. The molecule has 109 valence electrons. The summed E-state index contributed by atoms with van der Waals surface area (Å²) in [4.78, 5) is 2.43. The summed E-state index contributed by atoms with van der Waals surface area (Å²) in [5.41, 5.74) is 1.31. The minimum atomic E-state index is -0.308. The van der Waals surface area contributed by atoms with E-state index in [-0.39, 0.29) is 31.5 Å². The first kappa shape index (κ1) is 17.3. The van der Waals surface area contributed by atoms with Crippen molar-refractivity contribution >= 4 is 8.41 Å². The van der Waals surface area contributed by atoms with Gasteiger partial charge >= 0.3 is 0 Å². The third-order valence-corrected chi connectivity index (χ3v) is 3.98. The fraction of sp³-hybridized carbons (Fsp3) is 0.647. The SMILES string of the molecule is CC(C)(C)C(O)[C@@H]1[C@H](c2ccccc2)N1C(C)(C)C.[B]. The molecule has 2 unspecified atom stereocenters. The Kier molecular flexibility index (Phi) is 4.78. The van der Waals surface area contributed by atoms with Crippen LogP contribution in [0.15, 0.2) is 30.3 Å². The first-order valence-corrected chi connectivity index (χ1v) is 7.15. The summed E-state index contributed by atoms with van der Waals surface area (Å²) in [7, 11) is 0. The van der Waals surface area contributed by atoms with E-state index in [1.54, 1.807) is 0 Å². The van der Waals surface area contributed by atoms with E-state index < -0.39 is 0 Å². The first-order chi connectivity index (χ1) is 8.64. The van der Waals surface area contributed by atoms with E-state index in [1.165, 1.54) is 5.56 Å². The number of aliphatic hydroxyl groups excluding tert-OH is 1. The molecule has 1 aliphatic heterocycles. The van der Waals surface area contributed by atoms with Crippen molar-refractivity contribution in [3.8, 4) is 0 Å². The molecule has 1 aliphatic rings. The van der Waals surface area contributed by atoms with Crippen LogP contribution in [-0.4, -0.2) is 36.1 Å². The Bertz CT molecular complexity index is 433. The second-order valence-electron chi connectivity index (χ2n) is 7.74. The van der Waals surface area contributed by atoms with Crippen LogP contribution in [-0.2, 0) is 0 Å². The van der Waals surface area contributed by atoms with Crippen LogP contribution < -0.4 is 0 Å². The predicted octanol–water partition coefficient (Wildman–Crippen LogP) is 3.24. The molecule has 1 heterocycles. The van der Waals surface area contributed by atoms with Gasteiger partial charge in [-0.05, 0) is 31.7 Å². The zero-order chi connectivity index (χ0) is 14.4. The Hall–Kier alpha value is -0.795. The Morgan fingerprint density at radius 3 is 1.90 bits per heavy atom. The number of hydrogen-bond acceptors (Lipinski definition) is 2. The van der Waals surface area contributed by atoms with Crippen molar-refractivity contribution in [3.05, 3.63) is 35.9 Å². The number of aliphatic hydroxyl groups is 1. The van der Waals surface area contributed by atoms with Crippen LogP contribution in [0.3, 0.4) is 0 Å². The van der Waals surface area contributed by atoms with Gasteiger partial charge in [-0.3, -0.25) is 4.90 Å². The van der Waals surface area contributed by atoms with E-state index in [0.29, 0.717) is 6.04 Å². The van der Waals surface area contributed by atoms with Crippen LogP contribution in [0.5, 0.6) is 0 Å². The summed E-state index contributed by atoms with van der Waals surface area (Å²) in [6.45, 7) is 13.0. The van der Waals surface area contributed by atoms with Crippen LogP contribution in [0, 0.1) is 5.41 Å². The smallest absolute Gasteiger partial charge is 0.0762 e. The number of rotatable bonds is 2. The lowest BCUT2D eigenvalue weighted by molar-refractivity contribution is 0.0421. The van der Waals surface area contributed by atoms with E-state index in [4.69, 9.17) is 0 Å². The minimum Gasteiger partial charge on any atom is -0.391 e. The van der Waals surface area contributed by atoms with Gasteiger partial charge in [0.15, 0.2) is 0 Å². The lowest BCUT2D eigenvalue weighted by Crippen LogP contribution is -2.37. The van der Waals surface area contributed by atoms with Gasteiger partial charge in [0.2, 0.25) is 0 Å². The Morgan fingerprint density at radius 2 is 1.50 bits per heavy atom. The van der Waals surface area contributed by atoms with Crippen LogP contribution in [0.2, 0.25) is 0 Å². The maximum Gasteiger partial charge on any atom is 0.0762 e. The molecule has 3 heteroatoms. The summed E-state index contributed by atoms with van der Waals surface area (Å²) in [5, 5.41) is 10.6. The number of hydrogen-bond donors (Lipinski definition) is 1. The minimum absolute atomic E-state index is 0. The van der Waals surface area contributed by atoms with Crippen molar-refractivity contribution in [1.29, 1.82) is 0 Å². The van der Waals surface area contributed by atoms with E-state index in [0.717, 1.165) is 0 Å². The van der Waals surface area contributed by atoms with Crippen molar-refractivity contribution < 1.29 is 5.11 Å². The van der Waals surface area contributed by atoms with E-state index in [9.17, 15) is 5.11 Å². The van der Waals surface area contributed by atoms with Crippen LogP contribution >= 0.6 is 0 Å². The number of benzene rings is 1. The lowest BCUT2D eigenvalue weighted by atomic mass is 9.85. The normalized spacial score (nSPS) is 27.6. The fourth-order valence-corrected chi connectivity index (χ4v) is 2.96. The highest BCUT2D eigenvalue weighted by Gasteiger charge is 2.58. The van der Waals surface area contributed by atoms with Gasteiger partial charge in [-0.1, -0.05) is 51.1 Å². The molecule has 0 bridgehead atoms. The molecule has 0 spiro atoms. The van der Waals surface area contributed by atoms with Crippen LogP contribution in [0.4, 0.5) is 0 Å². The zero-order valence-corrected chi connectivity index (χ0v) is 13.6. The van der Waals surface area contributed by atoms with E-state index >= 15 is 0 Å². The molecule has 20 heavy (non-hydrogen) atoms. The van der Waals surface area contributed by atoms with Gasteiger partial charge in [0.05, 0.1) is 18.2 Å². The standard InChI is InChI=1S/C17H27NO.B/c1-16(2,3)15(19)14-13(18(14)17(4,5)6)12-10-8-7-9-11-12;/h7-11,13-15,19H,1-6H3;/t13-,14-,15?,18?;/m0./s1. The molecule has 2 nitrogen and oxygen atoms in total. The summed E-state index contributed by atoms with van der Waals surface area (Å²) < 4.78 is 0. The molecule has 1 N–H and O–H groups in total. The number of nitrogens with zero attached hydrogens (tertiary/aromatic N) is 1. The third kappa shape index (κ3) is 3.26. The molecule has 3 radical (unpaired) electrons. The average Bonchev–Trinajstić information content (AvgIpc) is 3.02. The molecule has 0 aromatic heterocycles. The molecular formula is C17H27BNO. The third-order valence-electron chi connectivity index (χ3n) is 3.98. The van der Waals surface area contributed by atoms with E-state index in [1.807, 2.05) is 6.07 Å². The first-order valence-electron chi connectivity index (χ1n) is 7.15. The van der Waals surface area contributed by atoms with Gasteiger partial charge in [-0.25, -0.2) is 0 Å². The van der Waals surface area contributed by atoms with Crippen LogP contribution in [0.1, 0.15) is 53.1 Å². The Morgan fingerprint density at radius 1 is 1.00 bits per heavy atom. The topological polar surface area (TPSA) is 23.2 Å². The Balaban J connectivity index is 0.00000200. The van der Waals surface area contributed by atoms with Crippen LogP contribution in [0.25, 0.3) is 0 Å². The molecule has 1 aromatic carbocycles. The van der Waals surface area contributed by atoms with E-state index in [2.05, 4.69) is 70.7 Å². The molecule has 4 atom stereocenters. The van der Waals surface area contributed by atoms with Gasteiger partial charge in [-0.2, -0.15) is 0 Å². The molecule has 1 saturated heterocycles. The largest absolute Gasteiger partial charge is 0.391 e. The molecule has 0 aliphatic carbocycles. The highest BCUT2D eigenvalue weighted by Crippen LogP contribution is 2.52. The maximum atomic E-state index is 10.6. The lowest BCUT2D eigenvalue weighted by Gasteiger charge is -2.29. The molecule has 1 aromatic rings. The second-order valence-corrected chi connectivity index (χ2v) is 7.74. The molecule has 1 fully saturated rings. The average molecular weight is 272 g/mol. The van der Waals surface area contributed by atoms with Gasteiger partial charge in [-0.15, -0.1) is 0 Å². The quantitative estimate of drug-likeness (QED) is 0.660. The van der Waals surface area contributed by atoms with Crippen molar-refractivity contribution in [3.63, 3.8) is 0 Å². The van der Waals surface area contributed by atoms with Crippen molar-refractivity contribution in [2.75, 3.05) is 0 Å². The van der Waals surface area contributed by atoms with Gasteiger partial charge in [0.1, 0.15) is 0 Å². The predicted molar refractivity (Wildman–Crippen MR) is 85.8 cm³/mol. The maximum absolute atomic E-state index is 10.6. The molecule has 2 rings (SSSR count). The van der Waals surface area contributed by atoms with Crippen molar-refractivity contribution in [2.45, 2.75) is 65.3 Å². The Labute approximate surface area is 125 Å². The monoisotopic (exact) mass is 272 g/mol. The highest BCUT2D eigenvalue weighted by molar-refractivity contribution is 5.75. The molecule has 0 saturated carbocycles. The molecule has 0 amide bonds. The summed E-state index contributed by atoms with van der Waals surface area (Å²) >= 11 is 0. The summed E-state index contributed by atoms with van der Waals surface area (Å²) in [5.74, 6) is 0. The van der Waals surface area contributed by atoms with Crippen molar-refractivity contribution in [1.82, 2.24) is 4.90 Å². The van der Waals surface area contributed by atoms with Gasteiger partial charge < -0.3 is 5.11 Å². The summed E-state index contributed by atoms with van der Waals surface area (Å²) in [6, 6.07) is 11.1. The van der Waals surface area contributed by atoms with Gasteiger partial charge in [0.25, 0.3) is 0 Å². The van der Waals surface area contributed by atoms with Gasteiger partial charge in [0, 0.05) is 14.0 Å². The summed E-state index contributed by atoms with van der Waals surface area (Å²) in [6.07, 6.45) is -0.308.